The van der Waals surface area contributed by atoms with Crippen molar-refractivity contribution in [2.24, 2.45) is 16.6 Å². The van der Waals surface area contributed by atoms with Gasteiger partial charge in [-0.2, -0.15) is 4.99 Å². The number of carbonyl (C=O) groups excluding carboxylic acids is 2. The molecule has 2 rings (SSSR count). The predicted octanol–water partition coefficient (Wildman–Crippen LogP) is 2.69. The van der Waals surface area contributed by atoms with E-state index in [2.05, 4.69) is 4.99 Å². The van der Waals surface area contributed by atoms with Crippen LogP contribution in [0, 0.1) is 5.92 Å². The molecule has 1 aromatic heterocycles. The molecule has 0 aromatic carbocycles. The fraction of sp³-hybridized carbons (Fsp3) is 0.533. The number of rotatable bonds is 2. The third-order valence-corrected chi connectivity index (χ3v) is 4.40. The summed E-state index contributed by atoms with van der Waals surface area (Å²) in [5.41, 5.74) is 6.50. The van der Waals surface area contributed by atoms with Crippen LogP contribution in [0.3, 0.4) is 0 Å². The molecule has 21 heavy (non-hydrogen) atoms. The molecule has 114 valence electrons. The Hall–Kier alpha value is -1.69. The lowest BCUT2D eigenvalue weighted by atomic mass is 9.90. The van der Waals surface area contributed by atoms with E-state index in [1.54, 1.807) is 20.8 Å². The van der Waals surface area contributed by atoms with Gasteiger partial charge in [0.1, 0.15) is 17.7 Å². The van der Waals surface area contributed by atoms with Gasteiger partial charge in [-0.1, -0.05) is 0 Å². The van der Waals surface area contributed by atoms with Crippen LogP contribution in [-0.2, 0) is 22.4 Å². The molecule has 0 spiro atoms. The first-order valence-corrected chi connectivity index (χ1v) is 7.74. The highest BCUT2D eigenvalue weighted by Crippen LogP contribution is 2.31. The Morgan fingerprint density at radius 2 is 2.24 bits per heavy atom. The summed E-state index contributed by atoms with van der Waals surface area (Å²) in [6.07, 6.45) is 2.83. The zero-order chi connectivity index (χ0) is 15.6. The number of aliphatic imine (C=N–C) groups is 1. The summed E-state index contributed by atoms with van der Waals surface area (Å²) in [4.78, 5) is 28.2. The lowest BCUT2D eigenvalue weighted by molar-refractivity contribution is -0.111. The molecule has 5 nitrogen and oxygen atoms in total. The van der Waals surface area contributed by atoms with Crippen LogP contribution in [0.25, 0.3) is 0 Å². The molecule has 6 heteroatoms. The molecule has 1 heterocycles. The molecule has 1 aliphatic carbocycles. The molecule has 1 aromatic rings. The highest BCUT2D eigenvalue weighted by molar-refractivity contribution is 7.14. The molecule has 0 bridgehead atoms. The predicted molar refractivity (Wildman–Crippen MR) is 82.9 cm³/mol. The van der Waals surface area contributed by atoms with E-state index in [4.69, 9.17) is 10.5 Å². The number of thiophene rings is 1. The summed E-state index contributed by atoms with van der Waals surface area (Å²) in [6, 6.07) is 1.96. The Morgan fingerprint density at radius 1 is 1.52 bits per heavy atom. The number of amidine groups is 1. The first-order valence-electron chi connectivity index (χ1n) is 6.93. The van der Waals surface area contributed by atoms with Crippen molar-refractivity contribution >= 4 is 29.6 Å². The highest BCUT2D eigenvalue weighted by Gasteiger charge is 2.22. The average Bonchev–Trinajstić information content (AvgIpc) is 2.78. The van der Waals surface area contributed by atoms with Crippen molar-refractivity contribution in [1.82, 2.24) is 0 Å². The molecule has 0 fully saturated rings. The number of fused-ring (bicyclic) bond motifs is 1. The standard InChI is InChI=1S/C15H20N2O3S/c1-15(2,3)20-14(19)17-13(16)12-7-10-5-4-9(8-18)6-11(10)21-12/h7-9H,4-6H2,1-3H3,(H2,16,17,19). The number of carbonyl (C=O) groups is 2. The van der Waals surface area contributed by atoms with Crippen molar-refractivity contribution in [3.05, 3.63) is 21.4 Å². The van der Waals surface area contributed by atoms with Crippen LogP contribution in [0.1, 0.15) is 42.5 Å². The highest BCUT2D eigenvalue weighted by atomic mass is 32.1. The van der Waals surface area contributed by atoms with Crippen LogP contribution in [0.15, 0.2) is 11.1 Å². The van der Waals surface area contributed by atoms with Crippen LogP contribution < -0.4 is 5.73 Å². The second-order valence-corrected chi connectivity index (χ2v) is 7.31. The monoisotopic (exact) mass is 308 g/mol. The molecule has 2 N–H and O–H groups in total. The maximum absolute atomic E-state index is 11.7. The van der Waals surface area contributed by atoms with Crippen molar-refractivity contribution in [2.75, 3.05) is 0 Å². The molecular formula is C15H20N2O3S. The Labute approximate surface area is 128 Å². The Balaban J connectivity index is 2.14. The minimum atomic E-state index is -0.683. The summed E-state index contributed by atoms with van der Waals surface area (Å²) in [5.74, 6) is 0.263. The van der Waals surface area contributed by atoms with Crippen molar-refractivity contribution in [2.45, 2.75) is 45.6 Å². The minimum absolute atomic E-state index is 0.0908. The fourth-order valence-corrected chi connectivity index (χ4v) is 3.42. The normalized spacial score (nSPS) is 19.0. The van der Waals surface area contributed by atoms with E-state index in [9.17, 15) is 9.59 Å². The van der Waals surface area contributed by atoms with Gasteiger partial charge in [0, 0.05) is 10.8 Å². The van der Waals surface area contributed by atoms with E-state index in [1.165, 1.54) is 16.9 Å². The molecule has 1 aliphatic rings. The third kappa shape index (κ3) is 4.14. The number of nitrogens with two attached hydrogens (primary N) is 1. The first kappa shape index (κ1) is 15.7. The number of hydrogen-bond acceptors (Lipinski definition) is 4. The molecular weight excluding hydrogens is 288 g/mol. The summed E-state index contributed by atoms with van der Waals surface area (Å²) in [7, 11) is 0. The molecule has 0 saturated heterocycles. The SMILES string of the molecule is CC(C)(C)OC(=O)N=C(N)c1cc2c(s1)CC(C=O)CC2. The lowest BCUT2D eigenvalue weighted by Gasteiger charge is -2.17. The number of ether oxygens (including phenoxy) is 1. The maximum Gasteiger partial charge on any atom is 0.436 e. The number of aryl methyl sites for hydroxylation is 1. The van der Waals surface area contributed by atoms with Crippen LogP contribution in [-0.4, -0.2) is 23.8 Å². The molecule has 1 unspecified atom stereocenters. The van der Waals surface area contributed by atoms with Crippen molar-refractivity contribution in [3.8, 4) is 0 Å². The summed E-state index contributed by atoms with van der Waals surface area (Å²) >= 11 is 1.50. The molecule has 1 amide bonds. The fourth-order valence-electron chi connectivity index (χ4n) is 2.21. The van der Waals surface area contributed by atoms with Gasteiger partial charge >= 0.3 is 6.09 Å². The van der Waals surface area contributed by atoms with Crippen LogP contribution >= 0.6 is 11.3 Å². The van der Waals surface area contributed by atoms with E-state index >= 15 is 0 Å². The zero-order valence-corrected chi connectivity index (χ0v) is 13.3. The van der Waals surface area contributed by atoms with Crippen LogP contribution in [0.5, 0.6) is 0 Å². The van der Waals surface area contributed by atoms with Gasteiger partial charge in [0.25, 0.3) is 0 Å². The maximum atomic E-state index is 11.7. The van der Waals surface area contributed by atoms with Crippen molar-refractivity contribution in [1.29, 1.82) is 0 Å². The second-order valence-electron chi connectivity index (χ2n) is 6.18. The molecule has 1 atom stereocenters. The second kappa shape index (κ2) is 5.97. The quantitative estimate of drug-likeness (QED) is 0.517. The average molecular weight is 308 g/mol. The topological polar surface area (TPSA) is 81.8 Å². The zero-order valence-electron chi connectivity index (χ0n) is 12.5. The van der Waals surface area contributed by atoms with Gasteiger partial charge in [-0.15, -0.1) is 11.3 Å². The van der Waals surface area contributed by atoms with Gasteiger partial charge in [0.15, 0.2) is 0 Å². The lowest BCUT2D eigenvalue weighted by Crippen LogP contribution is -2.24. The molecule has 0 aliphatic heterocycles. The van der Waals surface area contributed by atoms with Gasteiger partial charge in [-0.3, -0.25) is 0 Å². The summed E-state index contributed by atoms with van der Waals surface area (Å²) < 4.78 is 5.12. The van der Waals surface area contributed by atoms with Gasteiger partial charge in [-0.25, -0.2) is 4.79 Å². The number of aldehydes is 1. The van der Waals surface area contributed by atoms with E-state index in [-0.39, 0.29) is 11.8 Å². The number of nitrogens with zero attached hydrogens (tertiary/aromatic N) is 1. The van der Waals surface area contributed by atoms with Crippen molar-refractivity contribution < 1.29 is 14.3 Å². The molecule has 0 saturated carbocycles. The van der Waals surface area contributed by atoms with Gasteiger partial charge < -0.3 is 15.3 Å². The molecule has 0 radical (unpaired) electrons. The van der Waals surface area contributed by atoms with Crippen LogP contribution in [0.2, 0.25) is 0 Å². The Kier molecular flexibility index (Phi) is 4.46. The summed E-state index contributed by atoms with van der Waals surface area (Å²) in [6.45, 7) is 5.33. The van der Waals surface area contributed by atoms with Gasteiger partial charge in [0.05, 0.1) is 4.88 Å². The summed E-state index contributed by atoms with van der Waals surface area (Å²) in [5, 5.41) is 0. The number of amides is 1. The van der Waals surface area contributed by atoms with Crippen molar-refractivity contribution in [3.63, 3.8) is 0 Å². The Morgan fingerprint density at radius 3 is 2.86 bits per heavy atom. The first-order chi connectivity index (χ1) is 9.78. The van der Waals surface area contributed by atoms with Gasteiger partial charge in [-0.05, 0) is 51.7 Å². The van der Waals surface area contributed by atoms with E-state index in [0.717, 1.165) is 35.3 Å². The van der Waals surface area contributed by atoms with Gasteiger partial charge in [0.2, 0.25) is 0 Å². The van der Waals surface area contributed by atoms with E-state index < -0.39 is 11.7 Å². The van der Waals surface area contributed by atoms with E-state index in [1.807, 2.05) is 6.07 Å². The van der Waals surface area contributed by atoms with Crippen LogP contribution in [0.4, 0.5) is 4.79 Å². The minimum Gasteiger partial charge on any atom is -0.442 e. The van der Waals surface area contributed by atoms with E-state index in [0.29, 0.717) is 0 Å². The largest absolute Gasteiger partial charge is 0.442 e. The Bertz CT molecular complexity index is 584. The number of hydrogen-bond donors (Lipinski definition) is 1. The third-order valence-electron chi connectivity index (χ3n) is 3.18. The smallest absolute Gasteiger partial charge is 0.436 e.